The molecule has 1 aromatic rings. The van der Waals surface area contributed by atoms with Gasteiger partial charge in [-0.05, 0) is 49.5 Å². The average Bonchev–Trinajstić information content (AvgIpc) is 2.30. The highest BCUT2D eigenvalue weighted by Crippen LogP contribution is 2.19. The van der Waals surface area contributed by atoms with Crippen LogP contribution in [0.15, 0.2) is 36.9 Å². The molecule has 0 unspecified atom stereocenters. The number of piperidine rings is 1. The minimum Gasteiger partial charge on any atom is -0.399 e. The lowest BCUT2D eigenvalue weighted by Gasteiger charge is -2.30. The lowest BCUT2D eigenvalue weighted by Crippen LogP contribution is -2.32. The van der Waals surface area contributed by atoms with Crippen molar-refractivity contribution in [2.24, 2.45) is 5.92 Å². The topological polar surface area (TPSA) is 29.3 Å². The van der Waals surface area contributed by atoms with E-state index in [1.807, 2.05) is 12.1 Å². The van der Waals surface area contributed by atoms with Gasteiger partial charge in [0.05, 0.1) is 0 Å². The molecule has 1 aromatic carbocycles. The molecule has 0 saturated carbocycles. The molecular weight excluding hydrogens is 196 g/mol. The molecule has 0 amide bonds. The van der Waals surface area contributed by atoms with Crippen molar-refractivity contribution in [3.8, 4) is 0 Å². The van der Waals surface area contributed by atoms with Crippen molar-refractivity contribution in [3.05, 3.63) is 42.5 Å². The maximum absolute atomic E-state index is 5.78. The van der Waals surface area contributed by atoms with Crippen molar-refractivity contribution < 1.29 is 0 Å². The number of anilines is 1. The first kappa shape index (κ1) is 11.2. The van der Waals surface area contributed by atoms with Crippen molar-refractivity contribution in [2.75, 3.05) is 18.8 Å². The SMILES string of the molecule is C=CC1CCN(Cc2cccc(N)c2)CC1. The quantitative estimate of drug-likeness (QED) is 0.621. The summed E-state index contributed by atoms with van der Waals surface area (Å²) in [5.74, 6) is 0.720. The highest BCUT2D eigenvalue weighted by atomic mass is 15.1. The monoisotopic (exact) mass is 216 g/mol. The Morgan fingerprint density at radius 3 is 2.75 bits per heavy atom. The van der Waals surface area contributed by atoms with E-state index in [4.69, 9.17) is 5.73 Å². The van der Waals surface area contributed by atoms with Gasteiger partial charge < -0.3 is 5.73 Å². The van der Waals surface area contributed by atoms with Crippen LogP contribution in [0.1, 0.15) is 18.4 Å². The lowest BCUT2D eigenvalue weighted by atomic mass is 9.97. The van der Waals surface area contributed by atoms with E-state index in [1.54, 1.807) is 0 Å². The largest absolute Gasteiger partial charge is 0.399 e. The second-order valence-corrected chi connectivity index (χ2v) is 4.59. The molecule has 1 aliphatic heterocycles. The number of rotatable bonds is 3. The third kappa shape index (κ3) is 2.86. The first-order valence-corrected chi connectivity index (χ1v) is 5.97. The Hall–Kier alpha value is -1.28. The number of allylic oxidation sites excluding steroid dienone is 1. The van der Waals surface area contributed by atoms with Gasteiger partial charge in [0.2, 0.25) is 0 Å². The molecule has 2 nitrogen and oxygen atoms in total. The van der Waals surface area contributed by atoms with E-state index in [0.29, 0.717) is 0 Å². The minimum absolute atomic E-state index is 0.720. The Bertz CT molecular complexity index is 352. The molecule has 0 bridgehead atoms. The molecule has 16 heavy (non-hydrogen) atoms. The van der Waals surface area contributed by atoms with Gasteiger partial charge in [0.25, 0.3) is 0 Å². The Morgan fingerprint density at radius 1 is 1.38 bits per heavy atom. The number of benzene rings is 1. The maximum atomic E-state index is 5.78. The summed E-state index contributed by atoms with van der Waals surface area (Å²) in [6.45, 7) is 7.24. The molecule has 1 fully saturated rings. The Labute approximate surface area is 97.8 Å². The summed E-state index contributed by atoms with van der Waals surface area (Å²) in [6.07, 6.45) is 4.58. The predicted octanol–water partition coefficient (Wildman–Crippen LogP) is 2.67. The fourth-order valence-electron chi connectivity index (χ4n) is 2.30. The number of hydrogen-bond acceptors (Lipinski definition) is 2. The van der Waals surface area contributed by atoms with Gasteiger partial charge in [-0.25, -0.2) is 0 Å². The molecule has 0 aliphatic carbocycles. The van der Waals surface area contributed by atoms with Crippen LogP contribution in [0.2, 0.25) is 0 Å². The predicted molar refractivity (Wildman–Crippen MR) is 69.1 cm³/mol. The van der Waals surface area contributed by atoms with E-state index in [9.17, 15) is 0 Å². The van der Waals surface area contributed by atoms with Crippen LogP contribution < -0.4 is 5.73 Å². The van der Waals surface area contributed by atoms with Gasteiger partial charge in [0, 0.05) is 12.2 Å². The van der Waals surface area contributed by atoms with Crippen LogP contribution >= 0.6 is 0 Å². The van der Waals surface area contributed by atoms with E-state index in [1.165, 1.54) is 31.5 Å². The highest BCUT2D eigenvalue weighted by molar-refractivity contribution is 5.40. The molecule has 1 saturated heterocycles. The molecule has 0 radical (unpaired) electrons. The van der Waals surface area contributed by atoms with Crippen LogP contribution in [0, 0.1) is 5.92 Å². The molecule has 0 spiro atoms. The van der Waals surface area contributed by atoms with Gasteiger partial charge >= 0.3 is 0 Å². The molecular formula is C14H20N2. The Balaban J connectivity index is 1.89. The normalized spacial score (nSPS) is 18.5. The summed E-state index contributed by atoms with van der Waals surface area (Å²) in [6, 6.07) is 8.18. The smallest absolute Gasteiger partial charge is 0.0317 e. The van der Waals surface area contributed by atoms with Crippen molar-refractivity contribution in [1.82, 2.24) is 4.90 Å². The van der Waals surface area contributed by atoms with Crippen molar-refractivity contribution in [2.45, 2.75) is 19.4 Å². The van der Waals surface area contributed by atoms with Crippen molar-refractivity contribution >= 4 is 5.69 Å². The summed E-state index contributed by atoms with van der Waals surface area (Å²) >= 11 is 0. The highest BCUT2D eigenvalue weighted by Gasteiger charge is 2.16. The van der Waals surface area contributed by atoms with E-state index in [-0.39, 0.29) is 0 Å². The summed E-state index contributed by atoms with van der Waals surface area (Å²) in [5, 5.41) is 0. The van der Waals surface area contributed by atoms with Crippen LogP contribution in [0.25, 0.3) is 0 Å². The van der Waals surface area contributed by atoms with Crippen LogP contribution in [0.3, 0.4) is 0 Å². The zero-order valence-electron chi connectivity index (χ0n) is 9.73. The number of nitrogens with two attached hydrogens (primary N) is 1. The van der Waals surface area contributed by atoms with Crippen LogP contribution in [-0.2, 0) is 6.54 Å². The van der Waals surface area contributed by atoms with Gasteiger partial charge in [-0.15, -0.1) is 6.58 Å². The second kappa shape index (κ2) is 5.17. The Kier molecular flexibility index (Phi) is 3.62. The zero-order valence-corrected chi connectivity index (χ0v) is 9.73. The summed E-state index contributed by atoms with van der Waals surface area (Å²) in [7, 11) is 0. The summed E-state index contributed by atoms with van der Waals surface area (Å²) in [4.78, 5) is 2.49. The molecule has 0 aromatic heterocycles. The molecule has 2 heteroatoms. The van der Waals surface area contributed by atoms with Crippen molar-refractivity contribution in [1.29, 1.82) is 0 Å². The number of nitrogens with zero attached hydrogens (tertiary/aromatic N) is 1. The van der Waals surface area contributed by atoms with Gasteiger partial charge in [-0.3, -0.25) is 4.90 Å². The van der Waals surface area contributed by atoms with E-state index in [2.05, 4.69) is 29.7 Å². The molecule has 2 rings (SSSR count). The number of hydrogen-bond donors (Lipinski definition) is 1. The number of nitrogen functional groups attached to an aromatic ring is 1. The third-order valence-electron chi connectivity index (χ3n) is 3.32. The van der Waals surface area contributed by atoms with E-state index >= 15 is 0 Å². The molecule has 1 heterocycles. The van der Waals surface area contributed by atoms with E-state index < -0.39 is 0 Å². The van der Waals surface area contributed by atoms with Crippen molar-refractivity contribution in [3.63, 3.8) is 0 Å². The fraction of sp³-hybridized carbons (Fsp3) is 0.429. The molecule has 2 N–H and O–H groups in total. The third-order valence-corrected chi connectivity index (χ3v) is 3.32. The molecule has 86 valence electrons. The zero-order chi connectivity index (χ0) is 11.4. The number of likely N-dealkylation sites (tertiary alicyclic amines) is 1. The van der Waals surface area contributed by atoms with Crippen LogP contribution in [-0.4, -0.2) is 18.0 Å². The van der Waals surface area contributed by atoms with Crippen LogP contribution in [0.5, 0.6) is 0 Å². The standard InChI is InChI=1S/C14H20N2/c1-2-12-6-8-16(9-7-12)11-13-4-3-5-14(15)10-13/h2-5,10,12H,1,6-9,11,15H2. The molecule has 1 aliphatic rings. The lowest BCUT2D eigenvalue weighted by molar-refractivity contribution is 0.196. The first-order chi connectivity index (χ1) is 7.78. The van der Waals surface area contributed by atoms with E-state index in [0.717, 1.165) is 18.2 Å². The second-order valence-electron chi connectivity index (χ2n) is 4.59. The first-order valence-electron chi connectivity index (χ1n) is 5.97. The minimum atomic E-state index is 0.720. The van der Waals surface area contributed by atoms with Gasteiger partial charge in [0.15, 0.2) is 0 Å². The average molecular weight is 216 g/mol. The van der Waals surface area contributed by atoms with Gasteiger partial charge in [-0.1, -0.05) is 18.2 Å². The summed E-state index contributed by atoms with van der Waals surface area (Å²) < 4.78 is 0. The van der Waals surface area contributed by atoms with Gasteiger partial charge in [0.1, 0.15) is 0 Å². The molecule has 0 atom stereocenters. The fourth-order valence-corrected chi connectivity index (χ4v) is 2.30. The van der Waals surface area contributed by atoms with Gasteiger partial charge in [-0.2, -0.15) is 0 Å². The summed E-state index contributed by atoms with van der Waals surface area (Å²) in [5.41, 5.74) is 7.95. The Morgan fingerprint density at radius 2 is 2.12 bits per heavy atom. The van der Waals surface area contributed by atoms with Crippen LogP contribution in [0.4, 0.5) is 5.69 Å². The maximum Gasteiger partial charge on any atom is 0.0317 e.